The van der Waals surface area contributed by atoms with Gasteiger partial charge in [-0.3, -0.25) is 0 Å². The van der Waals surface area contributed by atoms with Crippen molar-refractivity contribution < 1.29 is 0 Å². The summed E-state index contributed by atoms with van der Waals surface area (Å²) in [5.74, 6) is 0. The van der Waals surface area contributed by atoms with Gasteiger partial charge in [0.05, 0.1) is 5.69 Å². The molecule has 1 aromatic carbocycles. The lowest BCUT2D eigenvalue weighted by atomic mass is 9.93. The molecule has 1 N–H and O–H groups in total. The van der Waals surface area contributed by atoms with Gasteiger partial charge in [0.15, 0.2) is 5.13 Å². The highest BCUT2D eigenvalue weighted by atomic mass is 79.9. The Morgan fingerprint density at radius 1 is 1.28 bits per heavy atom. The number of aromatic nitrogens is 1. The second-order valence-electron chi connectivity index (χ2n) is 5.33. The van der Waals surface area contributed by atoms with E-state index < -0.39 is 0 Å². The first-order chi connectivity index (χ1) is 8.38. The highest BCUT2D eigenvalue weighted by Gasteiger charge is 2.17. The first kappa shape index (κ1) is 13.6. The average Bonchev–Trinajstić information content (AvgIpc) is 2.73. The lowest BCUT2D eigenvalue weighted by molar-refractivity contribution is 0.573. The minimum atomic E-state index is 0.0999. The molecule has 18 heavy (non-hydrogen) atoms. The van der Waals surface area contributed by atoms with Gasteiger partial charge in [-0.2, -0.15) is 0 Å². The van der Waals surface area contributed by atoms with Crippen LogP contribution >= 0.6 is 27.3 Å². The number of hydrogen-bond acceptors (Lipinski definition) is 3. The Balaban J connectivity index is 2.24. The fourth-order valence-corrected chi connectivity index (χ4v) is 2.85. The first-order valence-electron chi connectivity index (χ1n) is 5.86. The molecule has 0 radical (unpaired) electrons. The topological polar surface area (TPSA) is 24.9 Å². The van der Waals surface area contributed by atoms with Crippen LogP contribution in [0.15, 0.2) is 28.1 Å². The van der Waals surface area contributed by atoms with E-state index in [-0.39, 0.29) is 5.41 Å². The molecule has 0 amide bonds. The Morgan fingerprint density at radius 2 is 2.00 bits per heavy atom. The van der Waals surface area contributed by atoms with E-state index in [1.54, 1.807) is 11.3 Å². The van der Waals surface area contributed by atoms with Gasteiger partial charge in [0, 0.05) is 21.0 Å². The zero-order valence-electron chi connectivity index (χ0n) is 11.0. The summed E-state index contributed by atoms with van der Waals surface area (Å²) in [5, 5.41) is 6.45. The van der Waals surface area contributed by atoms with Gasteiger partial charge < -0.3 is 5.32 Å². The molecule has 0 aliphatic carbocycles. The monoisotopic (exact) mass is 324 g/mol. The molecule has 2 nitrogen and oxygen atoms in total. The smallest absolute Gasteiger partial charge is 0.187 e. The third kappa shape index (κ3) is 2.93. The number of hydrogen-bond donors (Lipinski definition) is 1. The molecular weight excluding hydrogens is 308 g/mol. The third-order valence-corrected chi connectivity index (χ3v) is 4.40. The lowest BCUT2D eigenvalue weighted by Crippen LogP contribution is -2.11. The van der Waals surface area contributed by atoms with Gasteiger partial charge in [0.1, 0.15) is 0 Å². The molecule has 1 heterocycles. The maximum atomic E-state index is 4.64. The summed E-state index contributed by atoms with van der Waals surface area (Å²) in [6.45, 7) is 8.62. The van der Waals surface area contributed by atoms with Gasteiger partial charge in [0.2, 0.25) is 0 Å². The van der Waals surface area contributed by atoms with Crippen molar-refractivity contribution in [3.63, 3.8) is 0 Å². The van der Waals surface area contributed by atoms with Crippen molar-refractivity contribution in [1.29, 1.82) is 0 Å². The zero-order chi connectivity index (χ0) is 13.3. The predicted octanol–water partition coefficient (Wildman–Crippen LogP) is 5.26. The minimum absolute atomic E-state index is 0.0999. The minimum Gasteiger partial charge on any atom is -0.331 e. The molecule has 0 unspecified atom stereocenters. The molecule has 96 valence electrons. The number of nitrogens with zero attached hydrogens (tertiary/aromatic N) is 1. The maximum Gasteiger partial charge on any atom is 0.187 e. The molecule has 0 aliphatic heterocycles. The van der Waals surface area contributed by atoms with Crippen LogP contribution in [-0.2, 0) is 5.41 Å². The highest BCUT2D eigenvalue weighted by molar-refractivity contribution is 9.10. The molecule has 2 aromatic rings. The van der Waals surface area contributed by atoms with Gasteiger partial charge in [-0.15, -0.1) is 11.3 Å². The van der Waals surface area contributed by atoms with Crippen molar-refractivity contribution in [2.45, 2.75) is 33.1 Å². The van der Waals surface area contributed by atoms with Crippen molar-refractivity contribution in [2.24, 2.45) is 0 Å². The maximum absolute atomic E-state index is 4.64. The Kier molecular flexibility index (Phi) is 3.78. The van der Waals surface area contributed by atoms with Crippen molar-refractivity contribution in [2.75, 3.05) is 5.32 Å². The number of benzene rings is 1. The Labute approximate surface area is 121 Å². The van der Waals surface area contributed by atoms with Crippen molar-refractivity contribution in [1.82, 2.24) is 4.98 Å². The second-order valence-corrected chi connectivity index (χ2v) is 7.04. The summed E-state index contributed by atoms with van der Waals surface area (Å²) in [6.07, 6.45) is 0. The Bertz CT molecular complexity index is 555. The van der Waals surface area contributed by atoms with Crippen LogP contribution in [0.2, 0.25) is 0 Å². The van der Waals surface area contributed by atoms with E-state index in [2.05, 4.69) is 65.4 Å². The summed E-state index contributed by atoms with van der Waals surface area (Å²) < 4.78 is 1.11. The van der Waals surface area contributed by atoms with E-state index in [1.807, 2.05) is 12.1 Å². The van der Waals surface area contributed by atoms with Crippen LogP contribution < -0.4 is 5.32 Å². The van der Waals surface area contributed by atoms with Crippen LogP contribution in [0.5, 0.6) is 0 Å². The number of nitrogens with one attached hydrogen (secondary N) is 1. The molecule has 0 saturated carbocycles. The molecule has 0 bridgehead atoms. The quantitative estimate of drug-likeness (QED) is 0.815. The molecule has 0 spiro atoms. The normalized spacial score (nSPS) is 11.6. The SMILES string of the molecule is Cc1c(Br)cccc1Nc1nc(C(C)(C)C)cs1. The fourth-order valence-electron chi connectivity index (χ4n) is 1.53. The summed E-state index contributed by atoms with van der Waals surface area (Å²) in [4.78, 5) is 4.64. The van der Waals surface area contributed by atoms with Crippen LogP contribution in [0.4, 0.5) is 10.8 Å². The molecule has 1 aromatic heterocycles. The van der Waals surface area contributed by atoms with Crippen LogP contribution in [0.25, 0.3) is 0 Å². The molecule has 0 saturated heterocycles. The first-order valence-corrected chi connectivity index (χ1v) is 7.53. The van der Waals surface area contributed by atoms with E-state index >= 15 is 0 Å². The Hall–Kier alpha value is -0.870. The van der Waals surface area contributed by atoms with Gasteiger partial charge >= 0.3 is 0 Å². The predicted molar refractivity (Wildman–Crippen MR) is 83.0 cm³/mol. The number of halogens is 1. The highest BCUT2D eigenvalue weighted by Crippen LogP contribution is 2.30. The van der Waals surface area contributed by atoms with E-state index in [9.17, 15) is 0 Å². The molecule has 0 aliphatic rings. The van der Waals surface area contributed by atoms with Crippen LogP contribution in [0, 0.1) is 6.92 Å². The van der Waals surface area contributed by atoms with Crippen LogP contribution in [0.1, 0.15) is 32.0 Å². The summed E-state index contributed by atoms with van der Waals surface area (Å²) in [7, 11) is 0. The van der Waals surface area contributed by atoms with Gasteiger partial charge in [-0.25, -0.2) is 4.98 Å². The number of rotatable bonds is 2. The molecule has 0 fully saturated rings. The summed E-state index contributed by atoms with van der Waals surface area (Å²) >= 11 is 5.19. The standard InChI is InChI=1S/C14H17BrN2S/c1-9-10(15)6-5-7-11(9)16-13-17-12(8-18-13)14(2,3)4/h5-8H,1-4H3,(H,16,17). The van der Waals surface area contributed by atoms with E-state index in [0.717, 1.165) is 21.0 Å². The fraction of sp³-hybridized carbons (Fsp3) is 0.357. The van der Waals surface area contributed by atoms with Crippen LogP contribution in [-0.4, -0.2) is 4.98 Å². The average molecular weight is 325 g/mol. The van der Waals surface area contributed by atoms with E-state index in [1.165, 1.54) is 5.56 Å². The lowest BCUT2D eigenvalue weighted by Gasteiger charge is -2.14. The van der Waals surface area contributed by atoms with Crippen molar-refractivity contribution in [3.05, 3.63) is 39.3 Å². The molecular formula is C14H17BrN2S. The van der Waals surface area contributed by atoms with Crippen LogP contribution in [0.3, 0.4) is 0 Å². The zero-order valence-corrected chi connectivity index (χ0v) is 13.4. The summed E-state index contributed by atoms with van der Waals surface area (Å²) in [6, 6.07) is 6.14. The van der Waals surface area contributed by atoms with E-state index in [0.29, 0.717) is 0 Å². The summed E-state index contributed by atoms with van der Waals surface area (Å²) in [5.41, 5.74) is 3.52. The number of anilines is 2. The van der Waals surface area contributed by atoms with Gasteiger partial charge in [0.25, 0.3) is 0 Å². The second kappa shape index (κ2) is 5.02. The van der Waals surface area contributed by atoms with Gasteiger partial charge in [-0.05, 0) is 24.6 Å². The Morgan fingerprint density at radius 3 is 2.61 bits per heavy atom. The molecule has 0 atom stereocenters. The van der Waals surface area contributed by atoms with Crippen molar-refractivity contribution >= 4 is 38.1 Å². The van der Waals surface area contributed by atoms with Gasteiger partial charge in [-0.1, -0.05) is 42.8 Å². The van der Waals surface area contributed by atoms with E-state index in [4.69, 9.17) is 0 Å². The largest absolute Gasteiger partial charge is 0.331 e. The third-order valence-electron chi connectivity index (χ3n) is 2.78. The molecule has 2 rings (SSSR count). The molecule has 4 heteroatoms. The number of thiazole rings is 1. The van der Waals surface area contributed by atoms with Crippen molar-refractivity contribution in [3.8, 4) is 0 Å².